The molecule has 47 heavy (non-hydrogen) atoms. The van der Waals surface area contributed by atoms with Gasteiger partial charge in [0.25, 0.3) is 0 Å². The van der Waals surface area contributed by atoms with E-state index in [9.17, 15) is 34.1 Å². The number of amides is 1. The Morgan fingerprint density at radius 2 is 0.979 bits per heavy atom. The van der Waals surface area contributed by atoms with Crippen molar-refractivity contribution in [1.82, 2.24) is 5.32 Å². The van der Waals surface area contributed by atoms with Crippen LogP contribution in [-0.2, 0) is 32.7 Å². The van der Waals surface area contributed by atoms with Gasteiger partial charge in [-0.15, -0.1) is 0 Å². The minimum absolute atomic E-state index is 0.152. The SMILES string of the molecule is CCCCCCCCCCCCCCCCCCCCCC(=O)NC(COP(=O)(O)OCC(O)COC(=O)CCCCCC)C(=O)O. The summed E-state index contributed by atoms with van der Waals surface area (Å²) in [7, 11) is -4.73. The number of phosphoric acid groups is 1. The molecule has 0 aromatic rings. The van der Waals surface area contributed by atoms with Crippen LogP contribution >= 0.6 is 7.82 Å². The van der Waals surface area contributed by atoms with Gasteiger partial charge in [0, 0.05) is 12.8 Å². The van der Waals surface area contributed by atoms with Crippen LogP contribution in [-0.4, -0.2) is 64.9 Å². The summed E-state index contributed by atoms with van der Waals surface area (Å²) in [5.41, 5.74) is 0. The number of phosphoric ester groups is 1. The van der Waals surface area contributed by atoms with Gasteiger partial charge in [0.2, 0.25) is 5.91 Å². The lowest BCUT2D eigenvalue weighted by Gasteiger charge is -2.18. The third-order valence-corrected chi connectivity index (χ3v) is 9.10. The molecule has 0 aliphatic heterocycles. The Balaban J connectivity index is 3.85. The van der Waals surface area contributed by atoms with Gasteiger partial charge in [0.05, 0.1) is 13.2 Å². The number of rotatable bonds is 35. The minimum atomic E-state index is -4.73. The number of hydrogen-bond donors (Lipinski definition) is 4. The smallest absolute Gasteiger partial charge is 0.472 e. The van der Waals surface area contributed by atoms with Gasteiger partial charge >= 0.3 is 19.8 Å². The monoisotopic (exact) mass is 693 g/mol. The molecule has 0 bridgehead atoms. The van der Waals surface area contributed by atoms with Gasteiger partial charge < -0.3 is 25.2 Å². The molecule has 0 radical (unpaired) electrons. The predicted octanol–water partition coefficient (Wildman–Crippen LogP) is 8.39. The van der Waals surface area contributed by atoms with Crippen molar-refractivity contribution in [2.75, 3.05) is 19.8 Å². The summed E-state index contributed by atoms with van der Waals surface area (Å²) in [6.07, 6.45) is 26.4. The first-order chi connectivity index (χ1) is 22.6. The van der Waals surface area contributed by atoms with Crippen molar-refractivity contribution >= 4 is 25.7 Å². The Bertz CT molecular complexity index is 828. The summed E-state index contributed by atoms with van der Waals surface area (Å²) in [5.74, 6) is -2.38. The average molecular weight is 694 g/mol. The fourth-order valence-corrected chi connectivity index (χ4v) is 5.97. The molecule has 3 unspecified atom stereocenters. The molecule has 278 valence electrons. The summed E-state index contributed by atoms with van der Waals surface area (Å²) in [5, 5.41) is 21.6. The molecule has 0 saturated carbocycles. The molecule has 3 atom stereocenters. The van der Waals surface area contributed by atoms with Crippen LogP contribution in [0.4, 0.5) is 0 Å². The van der Waals surface area contributed by atoms with Crippen molar-refractivity contribution in [3.05, 3.63) is 0 Å². The number of carboxylic acids is 1. The fraction of sp³-hybridized carbons (Fsp3) is 0.914. The third-order valence-electron chi connectivity index (χ3n) is 8.15. The van der Waals surface area contributed by atoms with Gasteiger partial charge in [-0.05, 0) is 12.8 Å². The molecule has 0 saturated heterocycles. The molecule has 0 fully saturated rings. The van der Waals surface area contributed by atoms with Crippen molar-refractivity contribution in [2.45, 2.75) is 187 Å². The molecule has 0 spiro atoms. The van der Waals surface area contributed by atoms with Gasteiger partial charge in [0.1, 0.15) is 12.7 Å². The van der Waals surface area contributed by atoms with Crippen molar-refractivity contribution in [3.63, 3.8) is 0 Å². The third kappa shape index (κ3) is 31.5. The Labute approximate surface area is 284 Å². The van der Waals surface area contributed by atoms with Crippen molar-refractivity contribution in [2.24, 2.45) is 0 Å². The summed E-state index contributed by atoms with van der Waals surface area (Å²) in [4.78, 5) is 45.3. The Hall–Kier alpha value is -1.52. The van der Waals surface area contributed by atoms with E-state index >= 15 is 0 Å². The number of aliphatic carboxylic acids is 1. The van der Waals surface area contributed by atoms with Crippen LogP contribution in [0.2, 0.25) is 0 Å². The van der Waals surface area contributed by atoms with E-state index in [0.29, 0.717) is 12.8 Å². The average Bonchev–Trinajstić information content (AvgIpc) is 3.04. The number of aliphatic hydroxyl groups excluding tert-OH is 1. The zero-order chi connectivity index (χ0) is 35.0. The normalized spacial score (nSPS) is 14.0. The van der Waals surface area contributed by atoms with E-state index in [0.717, 1.165) is 38.5 Å². The maximum atomic E-state index is 12.2. The zero-order valence-electron chi connectivity index (χ0n) is 29.6. The van der Waals surface area contributed by atoms with Gasteiger partial charge in [-0.3, -0.25) is 18.6 Å². The van der Waals surface area contributed by atoms with Crippen LogP contribution in [0.3, 0.4) is 0 Å². The van der Waals surface area contributed by atoms with E-state index in [2.05, 4.69) is 23.7 Å². The van der Waals surface area contributed by atoms with Gasteiger partial charge in [0.15, 0.2) is 6.04 Å². The summed E-state index contributed by atoms with van der Waals surface area (Å²) < 4.78 is 26.4. The molecule has 4 N–H and O–H groups in total. The number of hydrogen-bond acceptors (Lipinski definition) is 8. The minimum Gasteiger partial charge on any atom is -0.480 e. The molecule has 0 aromatic carbocycles. The molecule has 11 nitrogen and oxygen atoms in total. The first kappa shape index (κ1) is 45.5. The van der Waals surface area contributed by atoms with Crippen LogP contribution in [0.1, 0.15) is 174 Å². The van der Waals surface area contributed by atoms with Crippen LogP contribution in [0.15, 0.2) is 0 Å². The Morgan fingerprint density at radius 1 is 0.596 bits per heavy atom. The molecule has 12 heteroatoms. The standard InChI is InChI=1S/C35H68NO10P/c1-3-5-7-9-10-11-12-13-14-15-16-17-18-19-20-21-22-23-24-26-33(38)36-32(35(40)41)30-46-47(42,43)45-29-31(37)28-44-34(39)27-25-8-6-4-2/h31-32,37H,3-30H2,1-2H3,(H,36,38)(H,40,41)(H,42,43). The van der Waals surface area contributed by atoms with Crippen LogP contribution in [0, 0.1) is 0 Å². The summed E-state index contributed by atoms with van der Waals surface area (Å²) in [6, 6.07) is -1.54. The maximum Gasteiger partial charge on any atom is 0.472 e. The lowest BCUT2D eigenvalue weighted by molar-refractivity contribution is -0.147. The summed E-state index contributed by atoms with van der Waals surface area (Å²) in [6.45, 7) is 2.44. The van der Waals surface area contributed by atoms with E-state index in [-0.39, 0.29) is 12.8 Å². The van der Waals surface area contributed by atoms with Crippen LogP contribution in [0.5, 0.6) is 0 Å². The second kappa shape index (κ2) is 31.7. The van der Waals surface area contributed by atoms with E-state index < -0.39 is 57.6 Å². The first-order valence-electron chi connectivity index (χ1n) is 18.6. The Kier molecular flexibility index (Phi) is 30.7. The van der Waals surface area contributed by atoms with E-state index in [1.165, 1.54) is 96.3 Å². The molecule has 0 rings (SSSR count). The van der Waals surface area contributed by atoms with Gasteiger partial charge in [-0.1, -0.05) is 149 Å². The highest BCUT2D eigenvalue weighted by Crippen LogP contribution is 2.43. The quantitative estimate of drug-likeness (QED) is 0.0287. The molecular formula is C35H68NO10P. The van der Waals surface area contributed by atoms with E-state index in [1.807, 2.05) is 0 Å². The second-order valence-corrected chi connectivity index (χ2v) is 14.2. The number of carbonyl (C=O) groups excluding carboxylic acids is 2. The highest BCUT2D eigenvalue weighted by Gasteiger charge is 2.28. The topological polar surface area (TPSA) is 169 Å². The lowest BCUT2D eigenvalue weighted by atomic mass is 10.0. The highest BCUT2D eigenvalue weighted by molar-refractivity contribution is 7.47. The van der Waals surface area contributed by atoms with E-state index in [1.54, 1.807) is 0 Å². The fourth-order valence-electron chi connectivity index (χ4n) is 5.20. The largest absolute Gasteiger partial charge is 0.480 e. The molecule has 1 amide bonds. The number of carbonyl (C=O) groups is 3. The number of ether oxygens (including phenoxy) is 1. The number of nitrogens with one attached hydrogen (secondary N) is 1. The van der Waals surface area contributed by atoms with Gasteiger partial charge in [-0.2, -0.15) is 0 Å². The second-order valence-electron chi connectivity index (χ2n) is 12.8. The number of carboxylic acid groups (broad SMARTS) is 1. The number of unbranched alkanes of at least 4 members (excludes halogenated alkanes) is 21. The number of esters is 1. The van der Waals surface area contributed by atoms with Crippen molar-refractivity contribution in [1.29, 1.82) is 0 Å². The summed E-state index contributed by atoms with van der Waals surface area (Å²) >= 11 is 0. The molecule has 0 aliphatic carbocycles. The number of aliphatic hydroxyl groups is 1. The van der Waals surface area contributed by atoms with Gasteiger partial charge in [-0.25, -0.2) is 9.36 Å². The highest BCUT2D eigenvalue weighted by atomic mass is 31.2. The molecule has 0 aromatic heterocycles. The van der Waals surface area contributed by atoms with Crippen LogP contribution in [0.25, 0.3) is 0 Å². The predicted molar refractivity (Wildman–Crippen MR) is 185 cm³/mol. The molecule has 0 heterocycles. The molecular weight excluding hydrogens is 625 g/mol. The zero-order valence-corrected chi connectivity index (χ0v) is 30.5. The Morgan fingerprint density at radius 3 is 1.43 bits per heavy atom. The first-order valence-corrected chi connectivity index (χ1v) is 20.1. The van der Waals surface area contributed by atoms with Crippen LogP contribution < -0.4 is 5.32 Å². The van der Waals surface area contributed by atoms with Crippen molar-refractivity contribution in [3.8, 4) is 0 Å². The van der Waals surface area contributed by atoms with Crippen molar-refractivity contribution < 1.29 is 47.8 Å². The molecule has 0 aliphatic rings. The van der Waals surface area contributed by atoms with E-state index in [4.69, 9.17) is 9.26 Å². The maximum absolute atomic E-state index is 12.2. The lowest BCUT2D eigenvalue weighted by Crippen LogP contribution is -2.43.